The fourth-order valence-corrected chi connectivity index (χ4v) is 1.20. The number of pyridine rings is 1. The van der Waals surface area contributed by atoms with Crippen LogP contribution in [0, 0.1) is 6.92 Å². The molecule has 0 radical (unpaired) electrons. The molecule has 0 aliphatic carbocycles. The molecule has 0 spiro atoms. The summed E-state index contributed by atoms with van der Waals surface area (Å²) >= 11 is 0. The Morgan fingerprint density at radius 2 is 2.12 bits per heavy atom. The SMILES string of the molecule is COc1nc(C)ccc1C(=O)N[C@H](C)C(=O)O. The van der Waals surface area contributed by atoms with Crippen LogP contribution in [0.1, 0.15) is 23.0 Å². The third-order valence-electron chi connectivity index (χ3n) is 2.16. The van der Waals surface area contributed by atoms with E-state index < -0.39 is 17.9 Å². The zero-order valence-corrected chi connectivity index (χ0v) is 9.85. The van der Waals surface area contributed by atoms with Crippen molar-refractivity contribution in [3.63, 3.8) is 0 Å². The van der Waals surface area contributed by atoms with Gasteiger partial charge in [-0.3, -0.25) is 9.59 Å². The van der Waals surface area contributed by atoms with Crippen molar-refractivity contribution < 1.29 is 19.4 Å². The number of methoxy groups -OCH3 is 1. The molecule has 0 aliphatic heterocycles. The molecule has 0 fully saturated rings. The van der Waals surface area contributed by atoms with Crippen LogP contribution in [0.15, 0.2) is 12.1 Å². The van der Waals surface area contributed by atoms with Gasteiger partial charge in [-0.1, -0.05) is 0 Å². The highest BCUT2D eigenvalue weighted by molar-refractivity contribution is 5.98. The van der Waals surface area contributed by atoms with Crippen molar-refractivity contribution in [1.82, 2.24) is 10.3 Å². The van der Waals surface area contributed by atoms with E-state index in [2.05, 4.69) is 10.3 Å². The number of carbonyl (C=O) groups is 2. The lowest BCUT2D eigenvalue weighted by atomic mass is 10.2. The number of aromatic nitrogens is 1. The maximum atomic E-state index is 11.8. The molecule has 1 aromatic rings. The summed E-state index contributed by atoms with van der Waals surface area (Å²) in [5, 5.41) is 11.0. The van der Waals surface area contributed by atoms with E-state index in [-0.39, 0.29) is 11.4 Å². The molecule has 1 atom stereocenters. The van der Waals surface area contributed by atoms with E-state index >= 15 is 0 Å². The van der Waals surface area contributed by atoms with Gasteiger partial charge in [0.05, 0.1) is 7.11 Å². The smallest absolute Gasteiger partial charge is 0.325 e. The number of carboxylic acid groups (broad SMARTS) is 1. The van der Waals surface area contributed by atoms with E-state index in [0.29, 0.717) is 5.69 Å². The summed E-state index contributed by atoms with van der Waals surface area (Å²) in [5.74, 6) is -1.44. The second-order valence-electron chi connectivity index (χ2n) is 3.54. The molecule has 92 valence electrons. The van der Waals surface area contributed by atoms with Crippen LogP contribution in [0.25, 0.3) is 0 Å². The van der Waals surface area contributed by atoms with Gasteiger partial charge in [0.2, 0.25) is 5.88 Å². The summed E-state index contributed by atoms with van der Waals surface area (Å²) in [6.07, 6.45) is 0. The monoisotopic (exact) mass is 238 g/mol. The molecule has 6 heteroatoms. The lowest BCUT2D eigenvalue weighted by Crippen LogP contribution is -2.38. The van der Waals surface area contributed by atoms with Crippen LogP contribution in [-0.2, 0) is 4.79 Å². The summed E-state index contributed by atoms with van der Waals surface area (Å²) in [7, 11) is 1.40. The Morgan fingerprint density at radius 1 is 1.47 bits per heavy atom. The maximum absolute atomic E-state index is 11.8. The normalized spacial score (nSPS) is 11.7. The maximum Gasteiger partial charge on any atom is 0.325 e. The molecular weight excluding hydrogens is 224 g/mol. The molecule has 17 heavy (non-hydrogen) atoms. The van der Waals surface area contributed by atoms with Gasteiger partial charge >= 0.3 is 5.97 Å². The molecule has 0 saturated carbocycles. The number of carboxylic acids is 1. The summed E-state index contributed by atoms with van der Waals surface area (Å²) in [5.41, 5.74) is 0.927. The fourth-order valence-electron chi connectivity index (χ4n) is 1.20. The minimum atomic E-state index is -1.10. The highest BCUT2D eigenvalue weighted by atomic mass is 16.5. The van der Waals surface area contributed by atoms with Crippen LogP contribution in [0.3, 0.4) is 0 Å². The first-order chi connectivity index (χ1) is 7.95. The topological polar surface area (TPSA) is 88.5 Å². The Bertz CT molecular complexity index is 445. The number of hydrogen-bond acceptors (Lipinski definition) is 4. The lowest BCUT2D eigenvalue weighted by Gasteiger charge is -2.11. The van der Waals surface area contributed by atoms with E-state index in [0.717, 1.165) is 0 Å². The Balaban J connectivity index is 2.92. The van der Waals surface area contributed by atoms with Crippen LogP contribution < -0.4 is 10.1 Å². The molecule has 0 aliphatic rings. The largest absolute Gasteiger partial charge is 0.480 e. The van der Waals surface area contributed by atoms with Crippen LogP contribution >= 0.6 is 0 Å². The van der Waals surface area contributed by atoms with Crippen LogP contribution in [0.2, 0.25) is 0 Å². The number of amides is 1. The molecule has 1 rings (SSSR count). The van der Waals surface area contributed by atoms with Crippen molar-refractivity contribution in [3.8, 4) is 5.88 Å². The number of rotatable bonds is 4. The zero-order chi connectivity index (χ0) is 13.0. The van der Waals surface area contributed by atoms with E-state index in [1.54, 1.807) is 19.1 Å². The highest BCUT2D eigenvalue weighted by Crippen LogP contribution is 2.15. The third-order valence-corrected chi connectivity index (χ3v) is 2.16. The number of aliphatic carboxylic acids is 1. The van der Waals surface area contributed by atoms with Crippen molar-refractivity contribution in [2.75, 3.05) is 7.11 Å². The summed E-state index contributed by atoms with van der Waals surface area (Å²) < 4.78 is 4.97. The first-order valence-corrected chi connectivity index (χ1v) is 5.01. The Kier molecular flexibility index (Phi) is 4.03. The third kappa shape index (κ3) is 3.17. The first-order valence-electron chi connectivity index (χ1n) is 5.01. The predicted molar refractivity (Wildman–Crippen MR) is 60.1 cm³/mol. The molecule has 0 bridgehead atoms. The standard InChI is InChI=1S/C11H14N2O4/c1-6-4-5-8(10(12-6)17-3)9(14)13-7(2)11(15)16/h4-5,7H,1-3H3,(H,13,14)(H,15,16)/t7-/m1/s1. The van der Waals surface area contributed by atoms with Crippen LogP contribution in [0.5, 0.6) is 5.88 Å². The van der Waals surface area contributed by atoms with Gasteiger partial charge in [0, 0.05) is 5.69 Å². The molecule has 6 nitrogen and oxygen atoms in total. The van der Waals surface area contributed by atoms with Gasteiger partial charge < -0.3 is 15.2 Å². The van der Waals surface area contributed by atoms with Gasteiger partial charge in [0.25, 0.3) is 5.91 Å². The van der Waals surface area contributed by atoms with Gasteiger partial charge in [-0.05, 0) is 26.0 Å². The molecule has 1 heterocycles. The van der Waals surface area contributed by atoms with Crippen LogP contribution in [0.4, 0.5) is 0 Å². The van der Waals surface area contributed by atoms with Crippen molar-refractivity contribution in [2.24, 2.45) is 0 Å². The van der Waals surface area contributed by atoms with E-state index in [1.807, 2.05) is 0 Å². The quantitative estimate of drug-likeness (QED) is 0.802. The first kappa shape index (κ1) is 13.0. The van der Waals surface area contributed by atoms with Gasteiger partial charge in [0.15, 0.2) is 0 Å². The number of hydrogen-bond donors (Lipinski definition) is 2. The predicted octanol–water partition coefficient (Wildman–Crippen LogP) is 0.602. The summed E-state index contributed by atoms with van der Waals surface area (Å²) in [4.78, 5) is 26.4. The average Bonchev–Trinajstić information content (AvgIpc) is 2.28. The van der Waals surface area contributed by atoms with Crippen LogP contribution in [-0.4, -0.2) is 35.1 Å². The number of carbonyl (C=O) groups excluding carboxylic acids is 1. The van der Waals surface area contributed by atoms with Gasteiger partial charge in [-0.2, -0.15) is 0 Å². The number of nitrogens with one attached hydrogen (secondary N) is 1. The molecule has 0 unspecified atom stereocenters. The Labute approximate surface area is 98.6 Å². The molecule has 1 aromatic heterocycles. The molecule has 0 aromatic carbocycles. The number of ether oxygens (including phenoxy) is 1. The van der Waals surface area contributed by atoms with E-state index in [1.165, 1.54) is 14.0 Å². The lowest BCUT2D eigenvalue weighted by molar-refractivity contribution is -0.138. The van der Waals surface area contributed by atoms with Gasteiger partial charge in [-0.25, -0.2) is 4.98 Å². The second kappa shape index (κ2) is 5.29. The average molecular weight is 238 g/mol. The fraction of sp³-hybridized carbons (Fsp3) is 0.364. The molecule has 1 amide bonds. The van der Waals surface area contributed by atoms with Crippen molar-refractivity contribution in [1.29, 1.82) is 0 Å². The highest BCUT2D eigenvalue weighted by Gasteiger charge is 2.18. The minimum Gasteiger partial charge on any atom is -0.480 e. The van der Waals surface area contributed by atoms with Gasteiger partial charge in [-0.15, -0.1) is 0 Å². The van der Waals surface area contributed by atoms with E-state index in [9.17, 15) is 9.59 Å². The summed E-state index contributed by atoms with van der Waals surface area (Å²) in [6.45, 7) is 3.15. The molecular formula is C11H14N2O4. The Morgan fingerprint density at radius 3 is 2.65 bits per heavy atom. The van der Waals surface area contributed by atoms with E-state index in [4.69, 9.17) is 9.84 Å². The minimum absolute atomic E-state index is 0.181. The molecule has 0 saturated heterocycles. The zero-order valence-electron chi connectivity index (χ0n) is 9.85. The number of nitrogens with zero attached hydrogens (tertiary/aromatic N) is 1. The Hall–Kier alpha value is -2.11. The number of aryl methyl sites for hydroxylation is 1. The second-order valence-corrected chi connectivity index (χ2v) is 3.54. The summed E-state index contributed by atoms with van der Waals surface area (Å²) in [6, 6.07) is 2.24. The van der Waals surface area contributed by atoms with Crippen molar-refractivity contribution in [2.45, 2.75) is 19.9 Å². The van der Waals surface area contributed by atoms with Crippen molar-refractivity contribution in [3.05, 3.63) is 23.4 Å². The van der Waals surface area contributed by atoms with Gasteiger partial charge in [0.1, 0.15) is 11.6 Å². The van der Waals surface area contributed by atoms with Crippen molar-refractivity contribution >= 4 is 11.9 Å². The molecule has 2 N–H and O–H groups in total.